The summed E-state index contributed by atoms with van der Waals surface area (Å²) >= 11 is 6.50. The van der Waals surface area contributed by atoms with Gasteiger partial charge >= 0.3 is 5.97 Å². The third-order valence-electron chi connectivity index (χ3n) is 2.33. The van der Waals surface area contributed by atoms with Crippen LogP contribution in [-0.2, 0) is 4.79 Å². The summed E-state index contributed by atoms with van der Waals surface area (Å²) < 4.78 is -0.136. The lowest BCUT2D eigenvalue weighted by Gasteiger charge is -2.23. The van der Waals surface area contributed by atoms with Crippen LogP contribution in [0.25, 0.3) is 0 Å². The van der Waals surface area contributed by atoms with Crippen molar-refractivity contribution >= 4 is 43.4 Å². The van der Waals surface area contributed by atoms with Crippen LogP contribution in [0.1, 0.15) is 19.8 Å². The van der Waals surface area contributed by atoms with E-state index in [-0.39, 0.29) is 12.8 Å². The number of aliphatic carboxylic acids is 1. The molecule has 0 fully saturated rings. The second-order valence-corrected chi connectivity index (χ2v) is 6.63. The topological polar surface area (TPSA) is 61.1 Å². The first kappa shape index (κ1) is 14.4. The van der Waals surface area contributed by atoms with Gasteiger partial charge in [0.1, 0.15) is 4.75 Å². The van der Waals surface area contributed by atoms with Crippen LogP contribution in [0.3, 0.4) is 0 Å². The average Bonchev–Trinajstić information content (AvgIpc) is 2.24. The Balaban J connectivity index is 2.60. The zero-order chi connectivity index (χ0) is 13.1. The van der Waals surface area contributed by atoms with Crippen molar-refractivity contribution in [1.82, 2.24) is 0 Å². The molecule has 0 aromatic carbocycles. The fourth-order valence-electron chi connectivity index (χ4n) is 1.18. The fourth-order valence-corrected chi connectivity index (χ4v) is 3.42. The van der Waals surface area contributed by atoms with Crippen LogP contribution in [0.5, 0.6) is 0 Å². The fraction of sp³-hybridized carbons (Fsp3) is 0.364. The van der Waals surface area contributed by atoms with E-state index in [0.29, 0.717) is 4.20 Å². The maximum Gasteiger partial charge on any atom is 0.303 e. The molecule has 0 aliphatic heterocycles. The summed E-state index contributed by atoms with van der Waals surface area (Å²) in [7, 11) is 2.57. The minimum Gasteiger partial charge on any atom is -0.481 e. The molecule has 1 aliphatic rings. The SMILES string of the molecule is CC(C#N)(CCC(=O)O)SC(=S)C1=CC=C1P. The van der Waals surface area contributed by atoms with Crippen LogP contribution in [0, 0.1) is 11.3 Å². The summed E-state index contributed by atoms with van der Waals surface area (Å²) in [6, 6.07) is 2.14. The molecular weight excluding hydrogens is 273 g/mol. The van der Waals surface area contributed by atoms with Crippen molar-refractivity contribution in [2.24, 2.45) is 0 Å². The van der Waals surface area contributed by atoms with Crippen molar-refractivity contribution in [1.29, 1.82) is 5.26 Å². The van der Waals surface area contributed by atoms with Gasteiger partial charge in [-0.2, -0.15) is 5.26 Å². The predicted molar refractivity (Wildman–Crippen MR) is 77.0 cm³/mol. The third-order valence-corrected chi connectivity index (χ3v) is 4.46. The maximum atomic E-state index is 10.5. The molecule has 0 heterocycles. The summed E-state index contributed by atoms with van der Waals surface area (Å²) in [5, 5.41) is 18.8. The monoisotopic (exact) mass is 285 g/mol. The van der Waals surface area contributed by atoms with Gasteiger partial charge in [0.25, 0.3) is 0 Å². The smallest absolute Gasteiger partial charge is 0.303 e. The summed E-state index contributed by atoms with van der Waals surface area (Å²) in [5.41, 5.74) is 0.951. The van der Waals surface area contributed by atoms with Crippen LogP contribution in [0.2, 0.25) is 0 Å². The van der Waals surface area contributed by atoms with Gasteiger partial charge in [0.15, 0.2) is 0 Å². The highest BCUT2D eigenvalue weighted by Crippen LogP contribution is 2.38. The number of nitrogens with zero attached hydrogens (tertiary/aromatic N) is 1. The first-order valence-corrected chi connectivity index (χ1v) is 6.72. The Morgan fingerprint density at radius 3 is 2.71 bits per heavy atom. The summed E-state index contributed by atoms with van der Waals surface area (Å²) in [4.78, 5) is 10.5. The molecule has 0 aromatic rings. The van der Waals surface area contributed by atoms with Gasteiger partial charge in [-0.05, 0) is 18.7 Å². The number of rotatable bonds is 5. The van der Waals surface area contributed by atoms with Gasteiger partial charge in [-0.3, -0.25) is 4.79 Å². The lowest BCUT2D eigenvalue weighted by molar-refractivity contribution is -0.137. The predicted octanol–water partition coefficient (Wildman–Crippen LogP) is 2.89. The molecule has 2 unspecified atom stereocenters. The first-order valence-electron chi connectivity index (χ1n) is 4.92. The summed E-state index contributed by atoms with van der Waals surface area (Å²) in [5.74, 6) is -0.896. The van der Waals surface area contributed by atoms with Gasteiger partial charge in [-0.15, -0.1) is 9.24 Å². The lowest BCUT2D eigenvalue weighted by Crippen LogP contribution is -2.22. The Kier molecular flexibility index (Phi) is 4.88. The van der Waals surface area contributed by atoms with Crippen molar-refractivity contribution < 1.29 is 9.90 Å². The number of carbonyl (C=O) groups is 1. The van der Waals surface area contributed by atoms with Crippen molar-refractivity contribution in [2.45, 2.75) is 24.5 Å². The molecule has 1 aliphatic carbocycles. The number of carboxylic acids is 1. The van der Waals surface area contributed by atoms with E-state index in [1.165, 1.54) is 11.8 Å². The second-order valence-electron chi connectivity index (χ2n) is 3.83. The maximum absolute atomic E-state index is 10.5. The van der Waals surface area contributed by atoms with Gasteiger partial charge in [-0.25, -0.2) is 0 Å². The molecule has 1 rings (SSSR count). The van der Waals surface area contributed by atoms with Crippen molar-refractivity contribution in [3.63, 3.8) is 0 Å². The van der Waals surface area contributed by atoms with E-state index in [1.54, 1.807) is 6.92 Å². The lowest BCUT2D eigenvalue weighted by atomic mass is 10.1. The Labute approximate surface area is 112 Å². The van der Waals surface area contributed by atoms with Crippen LogP contribution < -0.4 is 0 Å². The van der Waals surface area contributed by atoms with Crippen LogP contribution in [-0.4, -0.2) is 20.0 Å². The van der Waals surface area contributed by atoms with Gasteiger partial charge in [0.05, 0.1) is 10.3 Å². The summed E-state index contributed by atoms with van der Waals surface area (Å²) in [6.07, 6.45) is 4.08. The summed E-state index contributed by atoms with van der Waals surface area (Å²) in [6.45, 7) is 1.72. The highest BCUT2D eigenvalue weighted by molar-refractivity contribution is 8.24. The number of hydrogen-bond donors (Lipinski definition) is 1. The molecule has 2 atom stereocenters. The van der Waals surface area contributed by atoms with E-state index in [2.05, 4.69) is 15.3 Å². The quantitative estimate of drug-likeness (QED) is 0.621. The van der Waals surface area contributed by atoms with E-state index in [4.69, 9.17) is 22.6 Å². The molecule has 0 radical (unpaired) electrons. The van der Waals surface area contributed by atoms with Gasteiger partial charge in [-0.1, -0.05) is 36.1 Å². The molecule has 90 valence electrons. The number of thioether (sulfide) groups is 1. The number of nitriles is 1. The molecule has 0 bridgehead atoms. The zero-order valence-electron chi connectivity index (χ0n) is 9.27. The molecule has 0 saturated heterocycles. The molecule has 17 heavy (non-hydrogen) atoms. The molecule has 0 saturated carbocycles. The molecular formula is C11H12NO2PS2. The Bertz CT molecular complexity index is 465. The molecule has 0 aromatic heterocycles. The van der Waals surface area contributed by atoms with Crippen LogP contribution in [0.4, 0.5) is 0 Å². The Morgan fingerprint density at radius 2 is 2.35 bits per heavy atom. The minimum atomic E-state index is -0.896. The number of carboxylic acid groups (broad SMARTS) is 1. The van der Waals surface area contributed by atoms with E-state index < -0.39 is 10.7 Å². The Hall–Kier alpha value is -0.690. The van der Waals surface area contributed by atoms with Crippen molar-refractivity contribution in [3.8, 4) is 6.07 Å². The number of allylic oxidation sites excluding steroid dienone is 3. The second kappa shape index (κ2) is 5.77. The Morgan fingerprint density at radius 1 is 1.71 bits per heavy atom. The van der Waals surface area contributed by atoms with Crippen molar-refractivity contribution in [2.75, 3.05) is 0 Å². The van der Waals surface area contributed by atoms with E-state index in [0.717, 1.165) is 10.9 Å². The van der Waals surface area contributed by atoms with Gasteiger partial charge in [0, 0.05) is 12.0 Å². The van der Waals surface area contributed by atoms with Crippen LogP contribution in [0.15, 0.2) is 23.0 Å². The third kappa shape index (κ3) is 3.92. The molecule has 6 heteroatoms. The highest BCUT2D eigenvalue weighted by atomic mass is 32.2. The average molecular weight is 285 g/mol. The highest BCUT2D eigenvalue weighted by Gasteiger charge is 2.29. The van der Waals surface area contributed by atoms with Gasteiger partial charge < -0.3 is 5.11 Å². The largest absolute Gasteiger partial charge is 0.481 e. The standard InChI is InChI=1S/C11H12NO2PS2/c1-11(6-12,5-4-9(13)14)17-10(16)7-2-3-8(7)15/h2-3H,4-5,15H2,1H3,(H,13,14). The molecule has 3 nitrogen and oxygen atoms in total. The van der Waals surface area contributed by atoms with E-state index >= 15 is 0 Å². The van der Waals surface area contributed by atoms with Crippen LogP contribution >= 0.6 is 33.2 Å². The zero-order valence-corrected chi connectivity index (χ0v) is 12.1. The normalized spacial score (nSPS) is 17.0. The first-order chi connectivity index (χ1) is 7.88. The number of hydrogen-bond acceptors (Lipinski definition) is 4. The molecule has 0 amide bonds. The van der Waals surface area contributed by atoms with E-state index in [9.17, 15) is 4.79 Å². The van der Waals surface area contributed by atoms with Gasteiger partial charge in [0.2, 0.25) is 0 Å². The van der Waals surface area contributed by atoms with Crippen molar-refractivity contribution in [3.05, 3.63) is 23.0 Å². The minimum absolute atomic E-state index is 0.0255. The van der Waals surface area contributed by atoms with E-state index in [1.807, 2.05) is 12.2 Å². The number of thiocarbonyl (C=S) groups is 1. The molecule has 1 N–H and O–H groups in total. The molecule has 0 spiro atoms.